The van der Waals surface area contributed by atoms with Gasteiger partial charge in [-0.2, -0.15) is 0 Å². The maximum atomic E-state index is 13.5. The Kier molecular flexibility index (Phi) is 5.44. The molecule has 2 aliphatic heterocycles. The van der Waals surface area contributed by atoms with Gasteiger partial charge in [0.05, 0.1) is 18.1 Å². The van der Waals surface area contributed by atoms with Gasteiger partial charge < -0.3 is 14.8 Å². The predicted molar refractivity (Wildman–Crippen MR) is 108 cm³/mol. The van der Waals surface area contributed by atoms with E-state index >= 15 is 0 Å². The fourth-order valence-corrected chi connectivity index (χ4v) is 4.53. The van der Waals surface area contributed by atoms with Crippen LogP contribution in [-0.2, 0) is 14.9 Å². The van der Waals surface area contributed by atoms with Crippen LogP contribution in [0.25, 0.3) is 0 Å². The van der Waals surface area contributed by atoms with E-state index in [1.807, 2.05) is 42.5 Å². The number of halogens is 2. The van der Waals surface area contributed by atoms with Gasteiger partial charge in [0.25, 0.3) is 0 Å². The summed E-state index contributed by atoms with van der Waals surface area (Å²) in [6.45, 7) is 1.72. The van der Waals surface area contributed by atoms with E-state index in [9.17, 15) is 4.79 Å². The topological polar surface area (TPSA) is 47.6 Å². The number of nitrogens with one attached hydrogen (secondary N) is 1. The monoisotopic (exact) mass is 449 g/mol. The Morgan fingerprint density at radius 2 is 1.96 bits per heavy atom. The molecule has 2 heterocycles. The van der Waals surface area contributed by atoms with Gasteiger partial charge in [-0.15, -0.1) is 0 Å². The molecule has 1 N–H and O–H groups in total. The summed E-state index contributed by atoms with van der Waals surface area (Å²) < 4.78 is 12.3. The quantitative estimate of drug-likeness (QED) is 0.731. The molecule has 142 valence electrons. The molecule has 2 aromatic carbocycles. The first-order valence-corrected chi connectivity index (χ1v) is 10.3. The van der Waals surface area contributed by atoms with Crippen LogP contribution in [0, 0.1) is 0 Å². The predicted octanol–water partition coefficient (Wildman–Crippen LogP) is 4.79. The lowest BCUT2D eigenvalue weighted by Crippen LogP contribution is -2.49. The molecule has 1 saturated heterocycles. The van der Waals surface area contributed by atoms with Gasteiger partial charge in [0.1, 0.15) is 5.75 Å². The molecule has 0 saturated carbocycles. The van der Waals surface area contributed by atoms with Crippen LogP contribution in [0.15, 0.2) is 46.9 Å². The highest BCUT2D eigenvalue weighted by Gasteiger charge is 2.43. The fourth-order valence-electron chi connectivity index (χ4n) is 3.96. The van der Waals surface area contributed by atoms with E-state index < -0.39 is 5.41 Å². The van der Waals surface area contributed by atoms with E-state index in [4.69, 9.17) is 21.1 Å². The van der Waals surface area contributed by atoms with Crippen molar-refractivity contribution in [2.75, 3.05) is 19.8 Å². The van der Waals surface area contributed by atoms with Crippen LogP contribution in [0.3, 0.4) is 0 Å². The second-order valence-corrected chi connectivity index (χ2v) is 8.40. The van der Waals surface area contributed by atoms with Crippen molar-refractivity contribution in [3.63, 3.8) is 0 Å². The van der Waals surface area contributed by atoms with E-state index in [-0.39, 0.29) is 11.9 Å². The first kappa shape index (κ1) is 18.8. The third-order valence-electron chi connectivity index (χ3n) is 5.47. The van der Waals surface area contributed by atoms with Crippen LogP contribution in [0.2, 0.25) is 5.02 Å². The van der Waals surface area contributed by atoms with Crippen LogP contribution in [-0.4, -0.2) is 25.7 Å². The summed E-state index contributed by atoms with van der Waals surface area (Å²) in [4.78, 5) is 13.5. The molecular formula is C21H21BrClNO3. The average molecular weight is 451 g/mol. The van der Waals surface area contributed by atoms with E-state index in [0.717, 1.165) is 27.8 Å². The highest BCUT2D eigenvalue weighted by Crippen LogP contribution is 2.39. The zero-order chi connectivity index (χ0) is 18.9. The lowest BCUT2D eigenvalue weighted by molar-refractivity contribution is -0.131. The Morgan fingerprint density at radius 3 is 2.74 bits per heavy atom. The molecule has 1 atom stereocenters. The molecular weight excluding hydrogens is 430 g/mol. The van der Waals surface area contributed by atoms with Crippen molar-refractivity contribution in [2.24, 2.45) is 0 Å². The zero-order valence-electron chi connectivity index (χ0n) is 14.8. The van der Waals surface area contributed by atoms with Gasteiger partial charge in [0.2, 0.25) is 5.91 Å². The molecule has 0 radical (unpaired) electrons. The summed E-state index contributed by atoms with van der Waals surface area (Å²) in [5.41, 5.74) is 1.35. The Morgan fingerprint density at radius 1 is 1.15 bits per heavy atom. The molecule has 0 spiro atoms. The van der Waals surface area contributed by atoms with Gasteiger partial charge in [-0.25, -0.2) is 0 Å². The van der Waals surface area contributed by atoms with Gasteiger partial charge in [0, 0.05) is 34.7 Å². The third kappa shape index (κ3) is 3.73. The molecule has 27 heavy (non-hydrogen) atoms. The van der Waals surface area contributed by atoms with E-state index in [1.165, 1.54) is 0 Å². The maximum Gasteiger partial charge on any atom is 0.231 e. The number of ether oxygens (including phenoxy) is 2. The number of amides is 1. The lowest BCUT2D eigenvalue weighted by Gasteiger charge is -2.38. The van der Waals surface area contributed by atoms with Crippen molar-refractivity contribution in [2.45, 2.75) is 30.7 Å². The number of carbonyl (C=O) groups excluding carboxylic acids is 1. The van der Waals surface area contributed by atoms with Crippen LogP contribution in [0.5, 0.6) is 5.75 Å². The number of benzene rings is 2. The van der Waals surface area contributed by atoms with Crippen molar-refractivity contribution in [3.05, 3.63) is 63.1 Å². The first-order chi connectivity index (χ1) is 13.1. The minimum Gasteiger partial charge on any atom is -0.493 e. The van der Waals surface area contributed by atoms with Gasteiger partial charge in [0.15, 0.2) is 0 Å². The van der Waals surface area contributed by atoms with Gasteiger partial charge in [-0.05, 0) is 48.7 Å². The van der Waals surface area contributed by atoms with Crippen molar-refractivity contribution in [1.82, 2.24) is 5.32 Å². The molecule has 1 unspecified atom stereocenters. The molecule has 4 nitrogen and oxygen atoms in total. The summed E-state index contributed by atoms with van der Waals surface area (Å²) in [6.07, 6.45) is 2.04. The molecule has 0 aliphatic carbocycles. The van der Waals surface area contributed by atoms with Crippen molar-refractivity contribution in [3.8, 4) is 5.75 Å². The summed E-state index contributed by atoms with van der Waals surface area (Å²) in [7, 11) is 0. The number of hydrogen-bond donors (Lipinski definition) is 1. The molecule has 1 fully saturated rings. The zero-order valence-corrected chi connectivity index (χ0v) is 17.2. The highest BCUT2D eigenvalue weighted by atomic mass is 79.9. The third-order valence-corrected chi connectivity index (χ3v) is 6.20. The molecule has 2 aromatic rings. The van der Waals surface area contributed by atoms with E-state index in [1.54, 1.807) is 0 Å². The van der Waals surface area contributed by atoms with E-state index in [2.05, 4.69) is 21.2 Å². The van der Waals surface area contributed by atoms with Crippen molar-refractivity contribution >= 4 is 33.4 Å². The summed E-state index contributed by atoms with van der Waals surface area (Å²) in [5, 5.41) is 3.94. The summed E-state index contributed by atoms with van der Waals surface area (Å²) in [6, 6.07) is 13.5. The Bertz CT molecular complexity index is 851. The molecule has 0 aromatic heterocycles. The molecule has 2 aliphatic rings. The Hall–Kier alpha value is -1.56. The number of carbonyl (C=O) groups is 1. The molecule has 4 rings (SSSR count). The fraction of sp³-hybridized carbons (Fsp3) is 0.381. The Balaban J connectivity index is 1.65. The van der Waals surface area contributed by atoms with Crippen molar-refractivity contribution in [1.29, 1.82) is 0 Å². The van der Waals surface area contributed by atoms with Crippen LogP contribution in [0.4, 0.5) is 0 Å². The van der Waals surface area contributed by atoms with Gasteiger partial charge >= 0.3 is 0 Å². The van der Waals surface area contributed by atoms with Crippen LogP contribution in [0.1, 0.15) is 36.4 Å². The minimum absolute atomic E-state index is 0.0332. The Labute approximate surface area is 172 Å². The average Bonchev–Trinajstić information content (AvgIpc) is 2.69. The number of rotatable bonds is 3. The highest BCUT2D eigenvalue weighted by molar-refractivity contribution is 9.10. The second kappa shape index (κ2) is 7.82. The largest absolute Gasteiger partial charge is 0.493 e. The molecule has 0 bridgehead atoms. The second-order valence-electron chi connectivity index (χ2n) is 7.05. The summed E-state index contributed by atoms with van der Waals surface area (Å²) >= 11 is 9.74. The molecule has 1 amide bonds. The van der Waals surface area contributed by atoms with Crippen molar-refractivity contribution < 1.29 is 14.3 Å². The standard InChI is InChI=1S/C21H21BrClNO3/c22-15-4-5-19-17(13-15)18(6-9-27-19)24-20(25)21(7-10-26-11-8-21)14-2-1-3-16(23)12-14/h1-5,12-13,18H,6-11H2,(H,24,25). The minimum atomic E-state index is -0.617. The number of hydrogen-bond acceptors (Lipinski definition) is 3. The number of fused-ring (bicyclic) bond motifs is 1. The van der Waals surface area contributed by atoms with Crippen LogP contribution >= 0.6 is 27.5 Å². The van der Waals surface area contributed by atoms with Crippen LogP contribution < -0.4 is 10.1 Å². The lowest BCUT2D eigenvalue weighted by atomic mass is 9.73. The smallest absolute Gasteiger partial charge is 0.231 e. The normalized spacial score (nSPS) is 21.0. The van der Waals surface area contributed by atoms with Gasteiger partial charge in [-0.3, -0.25) is 4.79 Å². The maximum absolute atomic E-state index is 13.5. The molecule has 6 heteroatoms. The van der Waals surface area contributed by atoms with E-state index in [0.29, 0.717) is 37.7 Å². The first-order valence-electron chi connectivity index (χ1n) is 9.15. The van der Waals surface area contributed by atoms with Gasteiger partial charge in [-0.1, -0.05) is 39.7 Å². The SMILES string of the molecule is O=C(NC1CCOc2ccc(Br)cc21)C1(c2cccc(Cl)c2)CCOCC1. The summed E-state index contributed by atoms with van der Waals surface area (Å²) in [5.74, 6) is 0.865.